The Kier molecular flexibility index (Phi) is 8.09. The molecular formula is C23H19F3N2O7S2. The molecule has 1 aliphatic heterocycles. The highest BCUT2D eigenvalue weighted by Gasteiger charge is 2.57. The van der Waals surface area contributed by atoms with Gasteiger partial charge in [0.05, 0.1) is 17.6 Å². The van der Waals surface area contributed by atoms with Gasteiger partial charge in [0.25, 0.3) is 11.1 Å². The van der Waals surface area contributed by atoms with Crippen LogP contribution in [0.3, 0.4) is 0 Å². The summed E-state index contributed by atoms with van der Waals surface area (Å²) in [5, 5.41) is 11.7. The third-order valence-corrected chi connectivity index (χ3v) is 9.30. The minimum Gasteiger partial charge on any atom is -0.497 e. The molecule has 0 aromatic heterocycles. The van der Waals surface area contributed by atoms with Crippen molar-refractivity contribution in [3.63, 3.8) is 0 Å². The summed E-state index contributed by atoms with van der Waals surface area (Å²) < 4.78 is 69.8. The average Bonchev–Trinajstić information content (AvgIpc) is 3.12. The molecule has 37 heavy (non-hydrogen) atoms. The number of imide groups is 1. The fourth-order valence-corrected chi connectivity index (χ4v) is 6.86. The second-order valence-electron chi connectivity index (χ2n) is 7.62. The molecule has 3 rings (SSSR count). The molecule has 1 saturated heterocycles. The van der Waals surface area contributed by atoms with Crippen LogP contribution in [0.5, 0.6) is 5.75 Å². The predicted molar refractivity (Wildman–Crippen MR) is 128 cm³/mol. The standard InChI is InChI=1S/C23H19F3N2O7S2/c1-35-16-8-10-17(11-9-16)37(33,34)22(19(29)28-21(32)36-22)12-4-2-3-5-14-6-7-15(27-20(30)31)13-18(14)23(24,25)26/h6-11,13,27H,2,4,12H2,1H3,(H,30,31)(H,28,29,32). The smallest absolute Gasteiger partial charge is 0.417 e. The summed E-state index contributed by atoms with van der Waals surface area (Å²) in [5.74, 6) is 4.26. The van der Waals surface area contributed by atoms with Crippen molar-refractivity contribution in [2.75, 3.05) is 12.4 Å². The molecule has 1 atom stereocenters. The van der Waals surface area contributed by atoms with E-state index in [9.17, 15) is 36.0 Å². The molecule has 1 unspecified atom stereocenters. The van der Waals surface area contributed by atoms with Crippen LogP contribution < -0.4 is 15.4 Å². The number of hydrogen-bond acceptors (Lipinski definition) is 7. The Labute approximate surface area is 213 Å². The van der Waals surface area contributed by atoms with Gasteiger partial charge in [-0.05, 0) is 67.1 Å². The van der Waals surface area contributed by atoms with Crippen LogP contribution in [0, 0.1) is 11.8 Å². The number of ether oxygens (including phenoxy) is 1. The molecule has 0 saturated carbocycles. The molecule has 2 aromatic carbocycles. The van der Waals surface area contributed by atoms with E-state index in [-0.39, 0.29) is 29.8 Å². The number of amides is 3. The second kappa shape index (κ2) is 10.7. The van der Waals surface area contributed by atoms with Gasteiger partial charge in [0.15, 0.2) is 0 Å². The minimum atomic E-state index is -4.81. The minimum absolute atomic E-state index is 0.0317. The van der Waals surface area contributed by atoms with Gasteiger partial charge in [-0.3, -0.25) is 20.2 Å². The number of carboxylic acid groups (broad SMARTS) is 1. The van der Waals surface area contributed by atoms with E-state index in [0.29, 0.717) is 23.6 Å². The predicted octanol–water partition coefficient (Wildman–Crippen LogP) is 4.48. The first-order chi connectivity index (χ1) is 17.3. The molecule has 1 heterocycles. The summed E-state index contributed by atoms with van der Waals surface area (Å²) in [4.78, 5) is 35.1. The molecule has 1 fully saturated rings. The van der Waals surface area contributed by atoms with E-state index in [1.807, 2.05) is 10.6 Å². The van der Waals surface area contributed by atoms with E-state index < -0.39 is 48.5 Å². The normalized spacial score (nSPS) is 17.5. The first kappa shape index (κ1) is 27.9. The molecule has 1 aliphatic rings. The van der Waals surface area contributed by atoms with Gasteiger partial charge in [0.1, 0.15) is 5.75 Å². The molecule has 0 spiro atoms. The number of methoxy groups -OCH3 is 1. The van der Waals surface area contributed by atoms with Crippen molar-refractivity contribution in [1.82, 2.24) is 5.32 Å². The number of rotatable bonds is 7. The Morgan fingerprint density at radius 3 is 2.41 bits per heavy atom. The van der Waals surface area contributed by atoms with Crippen LogP contribution in [-0.2, 0) is 20.8 Å². The third-order valence-electron chi connectivity index (χ3n) is 5.23. The van der Waals surface area contributed by atoms with Crippen LogP contribution in [0.4, 0.5) is 28.4 Å². The molecule has 0 aliphatic carbocycles. The van der Waals surface area contributed by atoms with Gasteiger partial charge in [-0.1, -0.05) is 11.8 Å². The van der Waals surface area contributed by atoms with Crippen LogP contribution in [0.1, 0.15) is 30.4 Å². The summed E-state index contributed by atoms with van der Waals surface area (Å²) in [6.45, 7) is 0. The maximum absolute atomic E-state index is 13.4. The van der Waals surface area contributed by atoms with Gasteiger partial charge < -0.3 is 9.84 Å². The SMILES string of the molecule is COc1ccc(S(=O)(=O)C2(CCCC#Cc3ccc(NC(=O)O)cc3C(F)(F)F)SC(=O)NC2=O)cc1. The molecule has 14 heteroatoms. The number of alkyl halides is 3. The fourth-order valence-electron chi connectivity index (χ4n) is 3.49. The lowest BCUT2D eigenvalue weighted by molar-refractivity contribution is -0.137. The lowest BCUT2D eigenvalue weighted by Gasteiger charge is -2.24. The lowest BCUT2D eigenvalue weighted by atomic mass is 10.1. The van der Waals surface area contributed by atoms with Crippen molar-refractivity contribution in [3.8, 4) is 17.6 Å². The molecule has 0 bridgehead atoms. The van der Waals surface area contributed by atoms with E-state index >= 15 is 0 Å². The zero-order chi connectivity index (χ0) is 27.4. The van der Waals surface area contributed by atoms with Crippen molar-refractivity contribution in [1.29, 1.82) is 0 Å². The largest absolute Gasteiger partial charge is 0.497 e. The number of benzene rings is 2. The molecule has 0 radical (unpaired) electrons. The fraction of sp³-hybridized carbons (Fsp3) is 0.261. The number of nitrogens with one attached hydrogen (secondary N) is 2. The van der Waals surface area contributed by atoms with Gasteiger partial charge in [0, 0.05) is 17.7 Å². The maximum Gasteiger partial charge on any atom is 0.417 e. The highest BCUT2D eigenvalue weighted by atomic mass is 32.3. The Hall–Kier alpha value is -3.70. The monoisotopic (exact) mass is 556 g/mol. The molecule has 3 amide bonds. The van der Waals surface area contributed by atoms with E-state index in [1.165, 1.54) is 31.4 Å². The molecule has 3 N–H and O–H groups in total. The van der Waals surface area contributed by atoms with Crippen molar-refractivity contribution in [2.24, 2.45) is 0 Å². The Balaban J connectivity index is 1.82. The number of sulfone groups is 1. The summed E-state index contributed by atoms with van der Waals surface area (Å²) >= 11 is 0.329. The highest BCUT2D eigenvalue weighted by molar-refractivity contribution is 8.25. The van der Waals surface area contributed by atoms with Crippen LogP contribution in [0.15, 0.2) is 47.4 Å². The van der Waals surface area contributed by atoms with Crippen molar-refractivity contribution >= 4 is 44.5 Å². The highest BCUT2D eigenvalue weighted by Crippen LogP contribution is 2.44. The zero-order valence-electron chi connectivity index (χ0n) is 19.0. The number of hydrogen-bond donors (Lipinski definition) is 3. The number of halogens is 3. The van der Waals surface area contributed by atoms with E-state index in [2.05, 4.69) is 11.8 Å². The Morgan fingerprint density at radius 2 is 1.86 bits per heavy atom. The molecule has 2 aromatic rings. The van der Waals surface area contributed by atoms with Crippen LogP contribution in [0.25, 0.3) is 0 Å². The molecule has 9 nitrogen and oxygen atoms in total. The zero-order valence-corrected chi connectivity index (χ0v) is 20.6. The van der Waals surface area contributed by atoms with E-state index in [0.717, 1.165) is 12.1 Å². The third kappa shape index (κ3) is 6.00. The van der Waals surface area contributed by atoms with E-state index in [1.54, 1.807) is 0 Å². The second-order valence-corrected chi connectivity index (χ2v) is 11.3. The average molecular weight is 557 g/mol. The van der Waals surface area contributed by atoms with Crippen LogP contribution in [0.2, 0.25) is 0 Å². The number of thioether (sulfide) groups is 1. The Morgan fingerprint density at radius 1 is 1.19 bits per heavy atom. The number of unbranched alkanes of at least 4 members (excludes halogenated alkanes) is 1. The van der Waals surface area contributed by atoms with Crippen LogP contribution in [-0.4, -0.2) is 42.0 Å². The van der Waals surface area contributed by atoms with Gasteiger partial charge in [-0.2, -0.15) is 13.2 Å². The summed E-state index contributed by atoms with van der Waals surface area (Å²) in [6, 6.07) is 8.01. The first-order valence-corrected chi connectivity index (χ1v) is 12.7. The van der Waals surface area contributed by atoms with E-state index in [4.69, 9.17) is 9.84 Å². The number of carbonyl (C=O) groups excluding carboxylic acids is 2. The number of carbonyl (C=O) groups is 3. The van der Waals surface area contributed by atoms with Crippen LogP contribution >= 0.6 is 11.8 Å². The quantitative estimate of drug-likeness (QED) is 0.335. The van der Waals surface area contributed by atoms with Gasteiger partial charge in [0.2, 0.25) is 13.9 Å². The lowest BCUT2D eigenvalue weighted by Crippen LogP contribution is -2.43. The maximum atomic E-state index is 13.4. The summed E-state index contributed by atoms with van der Waals surface area (Å²) in [7, 11) is -2.97. The molecule has 196 valence electrons. The number of anilines is 1. The van der Waals surface area contributed by atoms with Gasteiger partial charge >= 0.3 is 12.3 Å². The van der Waals surface area contributed by atoms with Crippen molar-refractivity contribution in [2.45, 2.75) is 34.4 Å². The summed E-state index contributed by atoms with van der Waals surface area (Å²) in [6.07, 6.45) is -6.79. The van der Waals surface area contributed by atoms with Gasteiger partial charge in [-0.15, -0.1) is 0 Å². The van der Waals surface area contributed by atoms with Crippen molar-refractivity contribution < 1.29 is 45.8 Å². The summed E-state index contributed by atoms with van der Waals surface area (Å²) in [5.41, 5.74) is -1.85. The topological polar surface area (TPSA) is 139 Å². The van der Waals surface area contributed by atoms with Gasteiger partial charge in [-0.25, -0.2) is 13.2 Å². The molecular weight excluding hydrogens is 537 g/mol. The Bertz CT molecular complexity index is 1400. The first-order valence-electron chi connectivity index (χ1n) is 10.4. The van der Waals surface area contributed by atoms with Crippen molar-refractivity contribution in [3.05, 3.63) is 53.6 Å².